The van der Waals surface area contributed by atoms with Gasteiger partial charge in [-0.15, -0.1) is 0 Å². The fourth-order valence-corrected chi connectivity index (χ4v) is 3.25. The third-order valence-electron chi connectivity index (χ3n) is 2.53. The second kappa shape index (κ2) is 4.07. The Morgan fingerprint density at radius 3 is 2.65 bits per heavy atom. The Balaban J connectivity index is 2.48. The van der Waals surface area contributed by atoms with E-state index >= 15 is 0 Å². The molecule has 1 aromatic rings. The number of sulfonamides is 1. The van der Waals surface area contributed by atoms with Gasteiger partial charge >= 0.3 is 0 Å². The summed E-state index contributed by atoms with van der Waals surface area (Å²) in [7, 11) is -3.89. The largest absolute Gasteiger partial charge is 0.390 e. The van der Waals surface area contributed by atoms with Gasteiger partial charge in [0.05, 0.1) is 6.10 Å². The lowest BCUT2D eigenvalue weighted by atomic mass is 10.2. The van der Waals surface area contributed by atoms with Crippen LogP contribution in [0.3, 0.4) is 0 Å². The molecule has 0 radical (unpaired) electrons. The van der Waals surface area contributed by atoms with E-state index in [1.54, 1.807) is 6.07 Å². The number of benzene rings is 1. The number of aliphatic hydroxyl groups is 1. The van der Waals surface area contributed by atoms with E-state index in [0.29, 0.717) is 0 Å². The van der Waals surface area contributed by atoms with Crippen LogP contribution in [0.2, 0.25) is 0 Å². The van der Waals surface area contributed by atoms with Gasteiger partial charge in [-0.05, 0) is 12.1 Å². The highest BCUT2D eigenvalue weighted by Gasteiger charge is 2.37. The first kappa shape index (κ1) is 12.0. The predicted molar refractivity (Wildman–Crippen MR) is 55.9 cm³/mol. The van der Waals surface area contributed by atoms with Gasteiger partial charge in [-0.1, -0.05) is 6.07 Å². The lowest BCUT2D eigenvalue weighted by molar-refractivity contribution is 0.0547. The molecule has 1 aliphatic rings. The molecule has 5 nitrogen and oxygen atoms in total. The van der Waals surface area contributed by atoms with Gasteiger partial charge in [0.15, 0.2) is 0 Å². The minimum absolute atomic E-state index is 0.0241. The summed E-state index contributed by atoms with van der Waals surface area (Å²) in [6.45, 7) is -0.0482. The molecule has 0 saturated carbocycles. The smallest absolute Gasteiger partial charge is 0.244 e. The normalized spacial score (nSPS) is 17.5. The maximum atomic E-state index is 13.3. The Morgan fingerprint density at radius 1 is 1.47 bits per heavy atom. The van der Waals surface area contributed by atoms with Crippen LogP contribution in [0, 0.1) is 17.1 Å². The fourth-order valence-electron chi connectivity index (χ4n) is 1.58. The molecule has 90 valence electrons. The van der Waals surface area contributed by atoms with Crippen LogP contribution < -0.4 is 0 Å². The first-order valence-corrected chi connectivity index (χ1v) is 6.27. The Morgan fingerprint density at radius 2 is 2.12 bits per heavy atom. The van der Waals surface area contributed by atoms with Crippen molar-refractivity contribution in [2.45, 2.75) is 11.0 Å². The lowest BCUT2D eigenvalue weighted by Gasteiger charge is -2.34. The summed E-state index contributed by atoms with van der Waals surface area (Å²) in [5.41, 5.74) is -0.492. The van der Waals surface area contributed by atoms with Crippen LogP contribution in [-0.4, -0.2) is 37.0 Å². The van der Waals surface area contributed by atoms with Crippen LogP contribution in [0.4, 0.5) is 4.39 Å². The van der Waals surface area contributed by atoms with Gasteiger partial charge in [0.2, 0.25) is 10.0 Å². The number of hydrogen-bond donors (Lipinski definition) is 1. The van der Waals surface area contributed by atoms with E-state index in [9.17, 15) is 12.8 Å². The maximum Gasteiger partial charge on any atom is 0.244 e. The Bertz CT molecular complexity index is 588. The molecule has 0 spiro atoms. The highest BCUT2D eigenvalue weighted by atomic mass is 32.2. The molecular weight excluding hydrogens is 247 g/mol. The van der Waals surface area contributed by atoms with E-state index in [1.807, 2.05) is 0 Å². The molecule has 0 aliphatic carbocycles. The van der Waals surface area contributed by atoms with Crippen molar-refractivity contribution in [1.82, 2.24) is 4.31 Å². The SMILES string of the molecule is N#Cc1c(F)cccc1S(=O)(=O)N1CC(O)C1. The monoisotopic (exact) mass is 256 g/mol. The third kappa shape index (κ3) is 1.91. The molecule has 1 fully saturated rings. The number of β-amino-alcohol motifs (C(OH)–C–C–N with tert-alkyl or cyclic N) is 1. The Hall–Kier alpha value is -1.49. The van der Waals surface area contributed by atoms with Gasteiger partial charge in [0.1, 0.15) is 22.3 Å². The standard InChI is InChI=1S/C10H9FN2O3S/c11-9-2-1-3-10(8(9)4-12)17(15,16)13-5-7(14)6-13/h1-3,7,14H,5-6H2. The summed E-state index contributed by atoms with van der Waals surface area (Å²) in [6.07, 6.45) is -0.691. The number of rotatable bonds is 2. The number of aliphatic hydroxyl groups excluding tert-OH is 1. The Labute approximate surface area is 97.8 Å². The van der Waals surface area contributed by atoms with E-state index in [1.165, 1.54) is 12.1 Å². The van der Waals surface area contributed by atoms with Crippen LogP contribution >= 0.6 is 0 Å². The van der Waals surface area contributed by atoms with Gasteiger partial charge in [0, 0.05) is 13.1 Å². The molecule has 17 heavy (non-hydrogen) atoms. The van der Waals surface area contributed by atoms with Crippen molar-refractivity contribution in [1.29, 1.82) is 5.26 Å². The summed E-state index contributed by atoms with van der Waals surface area (Å²) in [5, 5.41) is 17.8. The van der Waals surface area contributed by atoms with E-state index in [4.69, 9.17) is 10.4 Å². The summed E-state index contributed by atoms with van der Waals surface area (Å²) in [4.78, 5) is -0.355. The zero-order valence-electron chi connectivity index (χ0n) is 8.67. The summed E-state index contributed by atoms with van der Waals surface area (Å²) >= 11 is 0. The van der Waals surface area contributed by atoms with Gasteiger partial charge in [-0.3, -0.25) is 0 Å². The van der Waals surface area contributed by atoms with E-state index < -0.39 is 27.5 Å². The van der Waals surface area contributed by atoms with Gasteiger partial charge in [0.25, 0.3) is 0 Å². The average molecular weight is 256 g/mol. The molecule has 0 bridgehead atoms. The van der Waals surface area contributed by atoms with Crippen LogP contribution in [-0.2, 0) is 10.0 Å². The van der Waals surface area contributed by atoms with Crippen LogP contribution in [0.15, 0.2) is 23.1 Å². The summed E-state index contributed by atoms with van der Waals surface area (Å²) < 4.78 is 38.3. The summed E-state index contributed by atoms with van der Waals surface area (Å²) in [6, 6.07) is 4.99. The second-order valence-electron chi connectivity index (χ2n) is 3.70. The predicted octanol–water partition coefficient (Wildman–Crippen LogP) is 0.0626. The number of nitrogens with zero attached hydrogens (tertiary/aromatic N) is 2. The topological polar surface area (TPSA) is 81.4 Å². The Kier molecular flexibility index (Phi) is 2.87. The lowest BCUT2D eigenvalue weighted by Crippen LogP contribution is -2.53. The molecule has 0 unspecified atom stereocenters. The van der Waals surface area contributed by atoms with Crippen molar-refractivity contribution >= 4 is 10.0 Å². The molecule has 2 rings (SSSR count). The quantitative estimate of drug-likeness (QED) is 0.811. The first-order chi connectivity index (χ1) is 7.96. The van der Waals surface area contributed by atoms with Crippen molar-refractivity contribution in [2.75, 3.05) is 13.1 Å². The van der Waals surface area contributed by atoms with E-state index in [-0.39, 0.29) is 18.0 Å². The van der Waals surface area contributed by atoms with Crippen molar-refractivity contribution < 1.29 is 17.9 Å². The van der Waals surface area contributed by atoms with E-state index in [2.05, 4.69) is 0 Å². The van der Waals surface area contributed by atoms with Crippen molar-refractivity contribution in [2.24, 2.45) is 0 Å². The number of hydrogen-bond acceptors (Lipinski definition) is 4. The molecule has 0 amide bonds. The highest BCUT2D eigenvalue weighted by Crippen LogP contribution is 2.25. The zero-order valence-corrected chi connectivity index (χ0v) is 9.48. The zero-order chi connectivity index (χ0) is 12.6. The number of nitriles is 1. The van der Waals surface area contributed by atoms with Crippen molar-refractivity contribution in [3.05, 3.63) is 29.6 Å². The summed E-state index contributed by atoms with van der Waals surface area (Å²) in [5.74, 6) is -0.866. The molecular formula is C10H9FN2O3S. The van der Waals surface area contributed by atoms with Gasteiger partial charge < -0.3 is 5.11 Å². The van der Waals surface area contributed by atoms with Crippen molar-refractivity contribution in [3.8, 4) is 6.07 Å². The van der Waals surface area contributed by atoms with Crippen LogP contribution in [0.5, 0.6) is 0 Å². The minimum Gasteiger partial charge on any atom is -0.390 e. The van der Waals surface area contributed by atoms with E-state index in [0.717, 1.165) is 10.4 Å². The highest BCUT2D eigenvalue weighted by molar-refractivity contribution is 7.89. The van der Waals surface area contributed by atoms with Crippen LogP contribution in [0.1, 0.15) is 5.56 Å². The average Bonchev–Trinajstić information content (AvgIpc) is 2.24. The minimum atomic E-state index is -3.89. The number of halogens is 1. The van der Waals surface area contributed by atoms with Crippen LogP contribution in [0.25, 0.3) is 0 Å². The molecule has 1 aromatic carbocycles. The molecule has 1 saturated heterocycles. The second-order valence-corrected chi connectivity index (χ2v) is 5.61. The molecule has 0 atom stereocenters. The molecule has 1 heterocycles. The van der Waals surface area contributed by atoms with Gasteiger partial charge in [-0.25, -0.2) is 12.8 Å². The molecule has 7 heteroatoms. The fraction of sp³-hybridized carbons (Fsp3) is 0.300. The van der Waals surface area contributed by atoms with Crippen molar-refractivity contribution in [3.63, 3.8) is 0 Å². The molecule has 1 N–H and O–H groups in total. The van der Waals surface area contributed by atoms with Gasteiger partial charge in [-0.2, -0.15) is 9.57 Å². The molecule has 1 aliphatic heterocycles. The third-order valence-corrected chi connectivity index (χ3v) is 4.41. The maximum absolute atomic E-state index is 13.3. The first-order valence-electron chi connectivity index (χ1n) is 4.83. The molecule has 0 aromatic heterocycles.